The van der Waals surface area contributed by atoms with E-state index in [1.54, 1.807) is 11.4 Å². The zero-order chi connectivity index (χ0) is 23.1. The lowest BCUT2D eigenvalue weighted by atomic mass is 10.2. The first kappa shape index (κ1) is 25.0. The summed E-state index contributed by atoms with van der Waals surface area (Å²) in [7, 11) is 1.29. The number of aromatic nitrogens is 1. The summed E-state index contributed by atoms with van der Waals surface area (Å²) in [5.74, 6) is -0.411. The number of hydrogen-bond donors (Lipinski definition) is 1. The van der Waals surface area contributed by atoms with Crippen LogP contribution in [0.15, 0.2) is 34.5 Å². The molecule has 1 amide bonds. The maximum atomic E-state index is 12.3. The largest absolute Gasteiger partial charge is 0.465 e. The highest BCUT2D eigenvalue weighted by Gasteiger charge is 2.21. The summed E-state index contributed by atoms with van der Waals surface area (Å²) >= 11 is 14.7. The second-order valence-corrected chi connectivity index (χ2v) is 9.93. The number of thioether (sulfide) groups is 1. The fraction of sp³-hybridized carbons (Fsp3) is 0.381. The van der Waals surface area contributed by atoms with Crippen molar-refractivity contribution >= 4 is 63.8 Å². The van der Waals surface area contributed by atoms with Gasteiger partial charge in [-0.05, 0) is 17.7 Å². The van der Waals surface area contributed by atoms with Gasteiger partial charge in [-0.3, -0.25) is 9.69 Å². The average Bonchev–Trinajstić information content (AvgIpc) is 3.27. The van der Waals surface area contributed by atoms with Crippen LogP contribution in [0.1, 0.15) is 11.3 Å². The Morgan fingerprint density at radius 3 is 2.97 bits per heavy atom. The first-order valence-corrected chi connectivity index (χ1v) is 12.4. The third-order valence-corrected chi connectivity index (χ3v) is 7.45. The first-order valence-electron chi connectivity index (χ1n) is 9.76. The molecule has 0 radical (unpaired) electrons. The van der Waals surface area contributed by atoms with Crippen molar-refractivity contribution in [2.75, 3.05) is 39.1 Å². The molecular weight excluding hydrogens is 493 g/mol. The molecule has 172 valence electrons. The van der Waals surface area contributed by atoms with Gasteiger partial charge in [0.15, 0.2) is 4.34 Å². The van der Waals surface area contributed by atoms with Crippen molar-refractivity contribution in [1.82, 2.24) is 15.2 Å². The summed E-state index contributed by atoms with van der Waals surface area (Å²) in [5.41, 5.74) is 1.74. The quantitative estimate of drug-likeness (QED) is 0.309. The summed E-state index contributed by atoms with van der Waals surface area (Å²) in [6.45, 7) is 6.96. The fourth-order valence-corrected chi connectivity index (χ4v) is 5.03. The molecule has 0 saturated carbocycles. The van der Waals surface area contributed by atoms with Gasteiger partial charge in [-0.15, -0.1) is 11.3 Å². The number of rotatable bonds is 9. The zero-order valence-electron chi connectivity index (χ0n) is 17.4. The van der Waals surface area contributed by atoms with Crippen LogP contribution in [-0.2, 0) is 25.6 Å². The second-order valence-electron chi connectivity index (χ2n) is 7.04. The van der Waals surface area contributed by atoms with Crippen LogP contribution in [0.3, 0.4) is 0 Å². The van der Waals surface area contributed by atoms with Crippen LogP contribution in [0.5, 0.6) is 0 Å². The molecule has 1 N–H and O–H groups in total. The molecule has 1 saturated heterocycles. The average molecular weight is 516 g/mol. The van der Waals surface area contributed by atoms with Crippen LogP contribution in [0.2, 0.25) is 10.0 Å². The Labute approximate surface area is 205 Å². The summed E-state index contributed by atoms with van der Waals surface area (Å²) < 4.78 is 11.1. The monoisotopic (exact) mass is 515 g/mol. The highest BCUT2D eigenvalue weighted by Crippen LogP contribution is 2.26. The van der Waals surface area contributed by atoms with Crippen LogP contribution in [-0.4, -0.2) is 67.0 Å². The van der Waals surface area contributed by atoms with Crippen molar-refractivity contribution in [3.05, 3.63) is 51.5 Å². The lowest BCUT2D eigenvalue weighted by Crippen LogP contribution is -2.47. The Bertz CT molecular complexity index is 986. The normalized spacial score (nSPS) is 16.5. The van der Waals surface area contributed by atoms with Gasteiger partial charge in [0.25, 0.3) is 0 Å². The smallest absolute Gasteiger partial charge is 0.339 e. The van der Waals surface area contributed by atoms with E-state index in [0.29, 0.717) is 39.8 Å². The van der Waals surface area contributed by atoms with E-state index in [9.17, 15) is 9.59 Å². The van der Waals surface area contributed by atoms with E-state index in [1.165, 1.54) is 30.2 Å². The Balaban J connectivity index is 1.40. The van der Waals surface area contributed by atoms with Crippen molar-refractivity contribution in [2.24, 2.45) is 0 Å². The molecule has 32 heavy (non-hydrogen) atoms. The van der Waals surface area contributed by atoms with Crippen LogP contribution in [0.4, 0.5) is 0 Å². The van der Waals surface area contributed by atoms with Crippen molar-refractivity contribution in [3.8, 4) is 0 Å². The topological polar surface area (TPSA) is 80.8 Å². The molecule has 1 atom stereocenters. The molecule has 1 fully saturated rings. The number of nitrogens with one attached hydrogen (secondary N) is 1. The SMILES string of the molecule is C=C(C(=O)OC)c1csc(SCC(=O)NC[C@H]2CN(Cc3ccc(Cl)c(Cl)c3)CCO2)n1. The van der Waals surface area contributed by atoms with Gasteiger partial charge in [0.05, 0.1) is 46.9 Å². The van der Waals surface area contributed by atoms with Crippen molar-refractivity contribution in [3.63, 3.8) is 0 Å². The number of methoxy groups -OCH3 is 1. The number of morpholine rings is 1. The van der Waals surface area contributed by atoms with E-state index in [1.807, 2.05) is 12.1 Å². The van der Waals surface area contributed by atoms with Crippen LogP contribution in [0, 0.1) is 0 Å². The van der Waals surface area contributed by atoms with Gasteiger partial charge in [-0.25, -0.2) is 9.78 Å². The number of amides is 1. The molecule has 0 aliphatic carbocycles. The van der Waals surface area contributed by atoms with Gasteiger partial charge in [-0.2, -0.15) is 0 Å². The molecule has 7 nitrogen and oxygen atoms in total. The zero-order valence-corrected chi connectivity index (χ0v) is 20.6. The van der Waals surface area contributed by atoms with Crippen LogP contribution >= 0.6 is 46.3 Å². The Morgan fingerprint density at radius 2 is 2.22 bits per heavy atom. The molecule has 1 aromatic heterocycles. The second kappa shape index (κ2) is 12.0. The summed E-state index contributed by atoms with van der Waals surface area (Å²) in [4.78, 5) is 30.4. The van der Waals surface area contributed by atoms with Gasteiger partial charge in [-0.1, -0.05) is 47.6 Å². The lowest BCUT2D eigenvalue weighted by molar-refractivity contribution is -0.133. The third kappa shape index (κ3) is 7.19. The minimum atomic E-state index is -0.523. The molecule has 0 spiro atoms. The molecule has 1 aliphatic rings. The Hall–Kier alpha value is -1.62. The molecule has 2 aromatic rings. The molecule has 1 aliphatic heterocycles. The standard InChI is InChI=1S/C21H23Cl2N3O4S2/c1-13(20(28)29-2)18-11-31-21(25-18)32-12-19(27)24-8-15-10-26(5-6-30-15)9-14-3-4-16(22)17(23)7-14/h3-4,7,11,15H,1,5-6,8-10,12H2,2H3,(H,24,27)/t15-/m0/s1. The summed E-state index contributed by atoms with van der Waals surface area (Å²) in [5, 5.41) is 5.72. The summed E-state index contributed by atoms with van der Waals surface area (Å²) in [6, 6.07) is 5.63. The van der Waals surface area contributed by atoms with Crippen molar-refractivity contribution in [1.29, 1.82) is 0 Å². The van der Waals surface area contributed by atoms with E-state index >= 15 is 0 Å². The van der Waals surface area contributed by atoms with Crippen molar-refractivity contribution in [2.45, 2.75) is 17.0 Å². The molecule has 1 aromatic carbocycles. The van der Waals surface area contributed by atoms with Gasteiger partial charge in [0.2, 0.25) is 5.91 Å². The minimum absolute atomic E-state index is 0.0877. The minimum Gasteiger partial charge on any atom is -0.465 e. The number of ether oxygens (including phenoxy) is 2. The number of nitrogens with zero attached hydrogens (tertiary/aromatic N) is 2. The van der Waals surface area contributed by atoms with E-state index in [0.717, 1.165) is 18.7 Å². The summed E-state index contributed by atoms with van der Waals surface area (Å²) in [6.07, 6.45) is -0.0877. The Morgan fingerprint density at radius 1 is 1.41 bits per heavy atom. The predicted octanol–water partition coefficient (Wildman–Crippen LogP) is 3.75. The van der Waals surface area contributed by atoms with E-state index in [4.69, 9.17) is 27.9 Å². The van der Waals surface area contributed by atoms with Gasteiger partial charge in [0, 0.05) is 31.6 Å². The van der Waals surface area contributed by atoms with Crippen LogP contribution in [0.25, 0.3) is 5.57 Å². The highest BCUT2D eigenvalue weighted by molar-refractivity contribution is 8.01. The Kier molecular flexibility index (Phi) is 9.39. The molecule has 0 unspecified atom stereocenters. The molecule has 2 heterocycles. The first-order chi connectivity index (χ1) is 15.4. The van der Waals surface area contributed by atoms with Gasteiger partial charge < -0.3 is 14.8 Å². The number of thiazole rings is 1. The van der Waals surface area contributed by atoms with Crippen LogP contribution < -0.4 is 5.32 Å². The molecule has 11 heteroatoms. The van der Waals surface area contributed by atoms with Crippen molar-refractivity contribution < 1.29 is 19.1 Å². The number of carbonyl (C=O) groups is 2. The predicted molar refractivity (Wildman–Crippen MR) is 128 cm³/mol. The maximum absolute atomic E-state index is 12.3. The van der Waals surface area contributed by atoms with E-state index in [-0.39, 0.29) is 23.3 Å². The van der Waals surface area contributed by atoms with Gasteiger partial charge >= 0.3 is 5.97 Å². The maximum Gasteiger partial charge on any atom is 0.339 e. The number of carbonyl (C=O) groups excluding carboxylic acids is 2. The number of halogens is 2. The number of benzene rings is 1. The fourth-order valence-electron chi connectivity index (χ4n) is 3.04. The third-order valence-electron chi connectivity index (χ3n) is 4.69. The number of hydrogen-bond acceptors (Lipinski definition) is 8. The molecular formula is C21H23Cl2N3O4S2. The van der Waals surface area contributed by atoms with E-state index < -0.39 is 5.97 Å². The highest BCUT2D eigenvalue weighted by atomic mass is 35.5. The van der Waals surface area contributed by atoms with Gasteiger partial charge in [0.1, 0.15) is 0 Å². The molecule has 0 bridgehead atoms. The van der Waals surface area contributed by atoms with E-state index in [2.05, 4.69) is 26.5 Å². The number of esters is 1. The lowest BCUT2D eigenvalue weighted by Gasteiger charge is -2.33. The molecule has 3 rings (SSSR count).